The van der Waals surface area contributed by atoms with Crippen LogP contribution < -0.4 is 4.74 Å². The Labute approximate surface area is 98.0 Å². The van der Waals surface area contributed by atoms with E-state index in [4.69, 9.17) is 4.74 Å². The Hall–Kier alpha value is -2.43. The van der Waals surface area contributed by atoms with Crippen molar-refractivity contribution in [2.24, 2.45) is 0 Å². The molecule has 0 radical (unpaired) electrons. The normalized spacial score (nSPS) is 9.71. The fourth-order valence-corrected chi connectivity index (χ4v) is 1.25. The molecule has 0 spiro atoms. The van der Waals surface area contributed by atoms with Gasteiger partial charge in [-0.05, 0) is 24.3 Å². The summed E-state index contributed by atoms with van der Waals surface area (Å²) in [4.78, 5) is 19.1. The lowest BCUT2D eigenvalue weighted by atomic mass is 10.2. The molecule has 1 heterocycles. The molecule has 2 aromatic rings. The Morgan fingerprint density at radius 3 is 2.65 bits per heavy atom. The monoisotopic (exact) mass is 230 g/mol. The van der Waals surface area contributed by atoms with Crippen LogP contribution in [0.15, 0.2) is 42.7 Å². The maximum Gasteiger partial charge on any atom is 0.337 e. The molecule has 0 fully saturated rings. The zero-order valence-electron chi connectivity index (χ0n) is 9.16. The molecule has 0 unspecified atom stereocenters. The molecule has 1 aromatic heterocycles. The Morgan fingerprint density at radius 1 is 1.18 bits per heavy atom. The maximum atomic E-state index is 11.3. The van der Waals surface area contributed by atoms with Gasteiger partial charge in [0.1, 0.15) is 5.75 Å². The first-order chi connectivity index (χ1) is 8.29. The van der Waals surface area contributed by atoms with Gasteiger partial charge in [0.25, 0.3) is 0 Å². The van der Waals surface area contributed by atoms with Crippen LogP contribution in [-0.4, -0.2) is 23.0 Å². The first-order valence-electron chi connectivity index (χ1n) is 4.93. The average molecular weight is 230 g/mol. The van der Waals surface area contributed by atoms with Crippen molar-refractivity contribution >= 4 is 5.97 Å². The highest BCUT2D eigenvalue weighted by Gasteiger charge is 2.07. The second-order valence-electron chi connectivity index (χ2n) is 3.15. The van der Waals surface area contributed by atoms with E-state index in [1.807, 2.05) is 0 Å². The van der Waals surface area contributed by atoms with E-state index in [9.17, 15) is 4.79 Å². The van der Waals surface area contributed by atoms with E-state index in [-0.39, 0.29) is 6.01 Å². The summed E-state index contributed by atoms with van der Waals surface area (Å²) in [6, 6.07) is 8.55. The third kappa shape index (κ3) is 2.78. The molecule has 5 nitrogen and oxygen atoms in total. The molecule has 0 N–H and O–H groups in total. The largest absolute Gasteiger partial charge is 0.465 e. The van der Waals surface area contributed by atoms with Gasteiger partial charge < -0.3 is 9.47 Å². The molecule has 0 saturated heterocycles. The lowest BCUT2D eigenvalue weighted by Gasteiger charge is -2.04. The van der Waals surface area contributed by atoms with Crippen LogP contribution in [0.5, 0.6) is 11.8 Å². The molecule has 0 amide bonds. The van der Waals surface area contributed by atoms with Gasteiger partial charge in [0.2, 0.25) is 0 Å². The summed E-state index contributed by atoms with van der Waals surface area (Å²) in [6.45, 7) is 0. The predicted octanol–water partition coefficient (Wildman–Crippen LogP) is 2.06. The summed E-state index contributed by atoms with van der Waals surface area (Å²) in [5.41, 5.74) is 0.418. The summed E-state index contributed by atoms with van der Waals surface area (Å²) in [7, 11) is 1.33. The van der Waals surface area contributed by atoms with E-state index in [1.54, 1.807) is 42.7 Å². The van der Waals surface area contributed by atoms with Crippen molar-refractivity contribution in [2.75, 3.05) is 7.11 Å². The van der Waals surface area contributed by atoms with Gasteiger partial charge in [-0.3, -0.25) is 0 Å². The Bertz CT molecular complexity index is 514. The van der Waals surface area contributed by atoms with Crippen LogP contribution in [0.4, 0.5) is 0 Å². The summed E-state index contributed by atoms with van der Waals surface area (Å²) in [6.07, 6.45) is 3.15. The third-order valence-corrected chi connectivity index (χ3v) is 2.01. The van der Waals surface area contributed by atoms with Crippen LogP contribution in [-0.2, 0) is 4.74 Å². The van der Waals surface area contributed by atoms with Gasteiger partial charge >= 0.3 is 12.0 Å². The van der Waals surface area contributed by atoms with Crippen LogP contribution in [0.25, 0.3) is 0 Å². The number of esters is 1. The molecule has 5 heteroatoms. The number of hydrogen-bond acceptors (Lipinski definition) is 5. The van der Waals surface area contributed by atoms with Crippen molar-refractivity contribution in [3.05, 3.63) is 48.3 Å². The number of methoxy groups -OCH3 is 1. The highest BCUT2D eigenvalue weighted by molar-refractivity contribution is 5.89. The van der Waals surface area contributed by atoms with Gasteiger partial charge in [-0.1, -0.05) is 6.07 Å². The molecule has 0 bridgehead atoms. The topological polar surface area (TPSA) is 61.3 Å². The summed E-state index contributed by atoms with van der Waals surface area (Å²) < 4.78 is 10.00. The Balaban J connectivity index is 2.20. The number of carbonyl (C=O) groups excluding carboxylic acids is 1. The predicted molar refractivity (Wildman–Crippen MR) is 59.9 cm³/mol. The number of aromatic nitrogens is 2. The Morgan fingerprint density at radius 2 is 1.94 bits per heavy atom. The molecule has 0 aliphatic heterocycles. The van der Waals surface area contributed by atoms with Crippen molar-refractivity contribution in [3.8, 4) is 11.8 Å². The zero-order valence-corrected chi connectivity index (χ0v) is 9.16. The average Bonchev–Trinajstić information content (AvgIpc) is 2.39. The molecule has 0 aliphatic rings. The van der Waals surface area contributed by atoms with Crippen LogP contribution >= 0.6 is 0 Å². The fourth-order valence-electron chi connectivity index (χ4n) is 1.25. The highest BCUT2D eigenvalue weighted by Crippen LogP contribution is 2.18. The van der Waals surface area contributed by atoms with Gasteiger partial charge in [-0.15, -0.1) is 0 Å². The van der Waals surface area contributed by atoms with Gasteiger partial charge in [0.15, 0.2) is 0 Å². The van der Waals surface area contributed by atoms with Crippen molar-refractivity contribution in [1.29, 1.82) is 0 Å². The molecule has 17 heavy (non-hydrogen) atoms. The van der Waals surface area contributed by atoms with Gasteiger partial charge in [-0.2, -0.15) is 0 Å². The zero-order chi connectivity index (χ0) is 12.1. The van der Waals surface area contributed by atoms with E-state index in [2.05, 4.69) is 14.7 Å². The number of hydrogen-bond donors (Lipinski definition) is 0. The van der Waals surface area contributed by atoms with Crippen LogP contribution in [0.1, 0.15) is 10.4 Å². The van der Waals surface area contributed by atoms with Crippen molar-refractivity contribution in [3.63, 3.8) is 0 Å². The van der Waals surface area contributed by atoms with Gasteiger partial charge in [0.05, 0.1) is 12.7 Å². The highest BCUT2D eigenvalue weighted by atomic mass is 16.5. The molecule has 1 aromatic carbocycles. The van der Waals surface area contributed by atoms with E-state index < -0.39 is 5.97 Å². The molecular weight excluding hydrogens is 220 g/mol. The molecule has 0 aliphatic carbocycles. The van der Waals surface area contributed by atoms with E-state index in [0.717, 1.165) is 0 Å². The first-order valence-corrected chi connectivity index (χ1v) is 4.93. The molecule has 2 rings (SSSR count). The minimum Gasteiger partial charge on any atom is -0.465 e. The molecule has 86 valence electrons. The second-order valence-corrected chi connectivity index (χ2v) is 3.15. The summed E-state index contributed by atoms with van der Waals surface area (Å²) in [5.74, 6) is 0.0727. The standard InChI is InChI=1S/C12H10N2O3/c1-16-11(15)9-4-2-5-10(8-9)17-12-13-6-3-7-14-12/h2-8H,1H3. The van der Waals surface area contributed by atoms with Crippen LogP contribution in [0.3, 0.4) is 0 Å². The smallest absolute Gasteiger partial charge is 0.337 e. The third-order valence-electron chi connectivity index (χ3n) is 2.01. The minimum absolute atomic E-state index is 0.231. The number of carbonyl (C=O) groups is 1. The first kappa shape index (κ1) is 11.1. The SMILES string of the molecule is COC(=O)c1cccc(Oc2ncccn2)c1. The summed E-state index contributed by atoms with van der Waals surface area (Å²) in [5, 5.41) is 0. The molecule has 0 saturated carbocycles. The van der Waals surface area contributed by atoms with Gasteiger partial charge in [-0.25, -0.2) is 14.8 Å². The molecular formula is C12H10N2O3. The van der Waals surface area contributed by atoms with Crippen molar-refractivity contribution in [1.82, 2.24) is 9.97 Å². The fraction of sp³-hybridized carbons (Fsp3) is 0.0833. The quantitative estimate of drug-likeness (QED) is 0.755. The van der Waals surface area contributed by atoms with Crippen molar-refractivity contribution < 1.29 is 14.3 Å². The van der Waals surface area contributed by atoms with E-state index in [1.165, 1.54) is 7.11 Å². The lowest BCUT2D eigenvalue weighted by molar-refractivity contribution is 0.0600. The second kappa shape index (κ2) is 5.07. The van der Waals surface area contributed by atoms with Gasteiger partial charge in [0, 0.05) is 12.4 Å². The van der Waals surface area contributed by atoms with Crippen LogP contribution in [0.2, 0.25) is 0 Å². The number of rotatable bonds is 3. The van der Waals surface area contributed by atoms with E-state index >= 15 is 0 Å². The van der Waals surface area contributed by atoms with Crippen molar-refractivity contribution in [2.45, 2.75) is 0 Å². The molecule has 0 atom stereocenters. The Kier molecular flexibility index (Phi) is 3.30. The number of nitrogens with zero attached hydrogens (tertiary/aromatic N) is 2. The minimum atomic E-state index is -0.413. The number of ether oxygens (including phenoxy) is 2. The summed E-state index contributed by atoms with van der Waals surface area (Å²) >= 11 is 0. The number of benzene rings is 1. The lowest BCUT2D eigenvalue weighted by Crippen LogP contribution is -2.01. The van der Waals surface area contributed by atoms with Crippen LogP contribution in [0, 0.1) is 0 Å². The van der Waals surface area contributed by atoms with E-state index in [0.29, 0.717) is 11.3 Å². The maximum absolute atomic E-state index is 11.3.